The summed E-state index contributed by atoms with van der Waals surface area (Å²) in [7, 11) is 0. The molecule has 0 spiro atoms. The van der Waals surface area contributed by atoms with E-state index in [1.807, 2.05) is 6.07 Å². The number of hydrogen-bond acceptors (Lipinski definition) is 2. The van der Waals surface area contributed by atoms with Crippen molar-refractivity contribution in [2.24, 2.45) is 0 Å². The van der Waals surface area contributed by atoms with Crippen LogP contribution in [0.4, 0.5) is 18.9 Å². The second-order valence-corrected chi connectivity index (χ2v) is 5.58. The summed E-state index contributed by atoms with van der Waals surface area (Å²) in [6, 6.07) is 8.49. The van der Waals surface area contributed by atoms with Gasteiger partial charge in [-0.1, -0.05) is 0 Å². The van der Waals surface area contributed by atoms with Gasteiger partial charge in [0, 0.05) is 17.4 Å². The van der Waals surface area contributed by atoms with Crippen LogP contribution in [0.3, 0.4) is 0 Å². The van der Waals surface area contributed by atoms with Crippen molar-refractivity contribution in [2.75, 3.05) is 5.32 Å². The van der Waals surface area contributed by atoms with Crippen LogP contribution in [0, 0.1) is 31.3 Å². The molecule has 4 nitrogen and oxygen atoms in total. The van der Waals surface area contributed by atoms with Crippen molar-refractivity contribution in [3.63, 3.8) is 0 Å². The van der Waals surface area contributed by atoms with Gasteiger partial charge in [-0.15, -0.1) is 0 Å². The van der Waals surface area contributed by atoms with Crippen molar-refractivity contribution in [2.45, 2.75) is 13.8 Å². The van der Waals surface area contributed by atoms with Crippen LogP contribution in [-0.2, 0) is 0 Å². The first-order valence-electron chi connectivity index (χ1n) is 7.45. The Hall–Kier alpha value is -3.09. The number of nitrogens with zero attached hydrogens (tertiary/aromatic N) is 2. The van der Waals surface area contributed by atoms with Crippen molar-refractivity contribution in [3.8, 4) is 5.69 Å². The lowest BCUT2D eigenvalue weighted by Gasteiger charge is -2.10. The normalized spacial score (nSPS) is 10.8. The maximum atomic E-state index is 14.4. The lowest BCUT2D eigenvalue weighted by Crippen LogP contribution is -2.14. The summed E-state index contributed by atoms with van der Waals surface area (Å²) in [4.78, 5) is 12.1. The van der Waals surface area contributed by atoms with E-state index in [4.69, 9.17) is 0 Å². The predicted octanol–water partition coefficient (Wildman–Crippen LogP) is 4.16. The number of aryl methyl sites for hydroxylation is 2. The molecule has 2 aromatic carbocycles. The Morgan fingerprint density at radius 2 is 1.76 bits per heavy atom. The van der Waals surface area contributed by atoms with E-state index in [1.54, 1.807) is 13.8 Å². The Bertz CT molecular complexity index is 966. The number of rotatable bonds is 3. The van der Waals surface area contributed by atoms with Gasteiger partial charge in [-0.05, 0) is 50.2 Å². The van der Waals surface area contributed by atoms with Gasteiger partial charge in [0.1, 0.15) is 17.3 Å². The van der Waals surface area contributed by atoms with Gasteiger partial charge in [0.05, 0.1) is 11.3 Å². The molecule has 0 aliphatic rings. The molecule has 0 unspecified atom stereocenters. The number of hydrogen-bond donors (Lipinski definition) is 1. The average molecular weight is 345 g/mol. The van der Waals surface area contributed by atoms with Crippen molar-refractivity contribution < 1.29 is 18.0 Å². The van der Waals surface area contributed by atoms with Gasteiger partial charge in [0.2, 0.25) is 0 Å². The molecule has 0 radical (unpaired) electrons. The van der Waals surface area contributed by atoms with Gasteiger partial charge in [-0.3, -0.25) is 4.79 Å². The van der Waals surface area contributed by atoms with Crippen LogP contribution in [0.15, 0.2) is 42.5 Å². The highest BCUT2D eigenvalue weighted by Crippen LogP contribution is 2.21. The number of carbonyl (C=O) groups excluding carboxylic acids is 1. The third-order valence-corrected chi connectivity index (χ3v) is 3.62. The summed E-state index contributed by atoms with van der Waals surface area (Å²) in [5.41, 5.74) is 1.57. The number of carbonyl (C=O) groups is 1. The van der Waals surface area contributed by atoms with E-state index in [1.165, 1.54) is 16.8 Å². The Labute approximate surface area is 141 Å². The zero-order valence-electron chi connectivity index (χ0n) is 13.5. The van der Waals surface area contributed by atoms with Crippen LogP contribution in [0.25, 0.3) is 5.69 Å². The molecule has 1 N–H and O–H groups in total. The van der Waals surface area contributed by atoms with Gasteiger partial charge < -0.3 is 5.32 Å². The van der Waals surface area contributed by atoms with Crippen molar-refractivity contribution in [3.05, 3.63) is 76.9 Å². The molecule has 1 amide bonds. The van der Waals surface area contributed by atoms with Gasteiger partial charge in [0.25, 0.3) is 5.91 Å². The predicted molar refractivity (Wildman–Crippen MR) is 87.3 cm³/mol. The molecule has 1 aromatic heterocycles. The highest BCUT2D eigenvalue weighted by atomic mass is 19.1. The molecule has 3 aromatic rings. The smallest absolute Gasteiger partial charge is 0.258 e. The standard InChI is InChI=1S/C18H14F3N3O/c1-10-7-11(2)24(23-10)17-6-4-13(9-16(17)21)22-18(25)14-5-3-12(19)8-15(14)20/h3-9H,1-2H3,(H,22,25). The van der Waals surface area contributed by atoms with Crippen LogP contribution >= 0.6 is 0 Å². The molecular weight excluding hydrogens is 331 g/mol. The largest absolute Gasteiger partial charge is 0.322 e. The summed E-state index contributed by atoms with van der Waals surface area (Å²) in [5, 5.41) is 6.59. The Morgan fingerprint density at radius 1 is 1.00 bits per heavy atom. The molecule has 0 bridgehead atoms. The van der Waals surface area contributed by atoms with Crippen LogP contribution in [-0.4, -0.2) is 15.7 Å². The highest BCUT2D eigenvalue weighted by Gasteiger charge is 2.15. The number of anilines is 1. The van der Waals surface area contributed by atoms with Gasteiger partial charge in [-0.2, -0.15) is 5.10 Å². The lowest BCUT2D eigenvalue weighted by atomic mass is 10.2. The summed E-state index contributed by atoms with van der Waals surface area (Å²) in [6.45, 7) is 3.60. The topological polar surface area (TPSA) is 46.9 Å². The van der Waals surface area contributed by atoms with E-state index in [0.717, 1.165) is 29.6 Å². The average Bonchev–Trinajstić information content (AvgIpc) is 2.85. The van der Waals surface area contributed by atoms with Crippen LogP contribution in [0.1, 0.15) is 21.7 Å². The minimum Gasteiger partial charge on any atom is -0.322 e. The summed E-state index contributed by atoms with van der Waals surface area (Å²) >= 11 is 0. The van der Waals surface area contributed by atoms with Crippen molar-refractivity contribution in [1.82, 2.24) is 9.78 Å². The summed E-state index contributed by atoms with van der Waals surface area (Å²) < 4.78 is 42.4. The maximum absolute atomic E-state index is 14.4. The van der Waals surface area contributed by atoms with E-state index in [2.05, 4.69) is 10.4 Å². The first-order chi connectivity index (χ1) is 11.8. The molecule has 0 saturated carbocycles. The van der Waals surface area contributed by atoms with E-state index in [-0.39, 0.29) is 16.9 Å². The molecule has 0 fully saturated rings. The molecule has 0 aliphatic carbocycles. The van der Waals surface area contributed by atoms with E-state index in [9.17, 15) is 18.0 Å². The number of nitrogens with one attached hydrogen (secondary N) is 1. The van der Waals surface area contributed by atoms with Gasteiger partial charge in [0.15, 0.2) is 5.82 Å². The zero-order valence-corrected chi connectivity index (χ0v) is 13.5. The third-order valence-electron chi connectivity index (χ3n) is 3.62. The number of amides is 1. The molecule has 0 saturated heterocycles. The minimum atomic E-state index is -0.989. The van der Waals surface area contributed by atoms with Gasteiger partial charge in [-0.25, -0.2) is 17.9 Å². The van der Waals surface area contributed by atoms with Crippen molar-refractivity contribution >= 4 is 11.6 Å². The minimum absolute atomic E-state index is 0.150. The second-order valence-electron chi connectivity index (χ2n) is 5.58. The Balaban J connectivity index is 1.86. The zero-order chi connectivity index (χ0) is 18.1. The molecule has 1 heterocycles. The molecular formula is C18H14F3N3O. The molecule has 128 valence electrons. The number of aromatic nitrogens is 2. The fourth-order valence-electron chi connectivity index (χ4n) is 2.50. The van der Waals surface area contributed by atoms with Crippen LogP contribution < -0.4 is 5.32 Å². The molecule has 7 heteroatoms. The fraction of sp³-hybridized carbons (Fsp3) is 0.111. The summed E-state index contributed by atoms with van der Waals surface area (Å²) in [6.07, 6.45) is 0. The third kappa shape index (κ3) is 3.40. The summed E-state index contributed by atoms with van der Waals surface area (Å²) in [5.74, 6) is -3.16. The van der Waals surface area contributed by atoms with E-state index in [0.29, 0.717) is 6.07 Å². The van der Waals surface area contributed by atoms with Crippen molar-refractivity contribution in [1.29, 1.82) is 0 Å². The van der Waals surface area contributed by atoms with Gasteiger partial charge >= 0.3 is 0 Å². The first kappa shape index (κ1) is 16.8. The van der Waals surface area contributed by atoms with E-state index < -0.39 is 23.4 Å². The fourth-order valence-corrected chi connectivity index (χ4v) is 2.50. The Kier molecular flexibility index (Phi) is 4.31. The molecule has 25 heavy (non-hydrogen) atoms. The molecule has 0 atom stereocenters. The number of benzene rings is 2. The van der Waals surface area contributed by atoms with Crippen LogP contribution in [0.5, 0.6) is 0 Å². The molecule has 3 rings (SSSR count). The molecule has 0 aliphatic heterocycles. The SMILES string of the molecule is Cc1cc(C)n(-c2ccc(NC(=O)c3ccc(F)cc3F)cc2F)n1. The van der Waals surface area contributed by atoms with E-state index >= 15 is 0 Å². The second kappa shape index (κ2) is 6.43. The first-order valence-corrected chi connectivity index (χ1v) is 7.45. The Morgan fingerprint density at radius 3 is 2.36 bits per heavy atom. The monoisotopic (exact) mass is 345 g/mol. The lowest BCUT2D eigenvalue weighted by molar-refractivity contribution is 0.102. The quantitative estimate of drug-likeness (QED) is 0.775. The maximum Gasteiger partial charge on any atom is 0.258 e. The van der Waals surface area contributed by atoms with Crippen LogP contribution in [0.2, 0.25) is 0 Å². The number of halogens is 3. The highest BCUT2D eigenvalue weighted by molar-refractivity contribution is 6.04.